The summed E-state index contributed by atoms with van der Waals surface area (Å²) in [6, 6.07) is 3.53. The molecule has 2 fully saturated rings. The summed E-state index contributed by atoms with van der Waals surface area (Å²) in [6.07, 6.45) is -2.96. The van der Waals surface area contributed by atoms with Crippen molar-refractivity contribution >= 4 is 28.6 Å². The Bertz CT molecular complexity index is 1810. The quantitative estimate of drug-likeness (QED) is 0.113. The van der Waals surface area contributed by atoms with Gasteiger partial charge in [0.05, 0.1) is 27.9 Å². The van der Waals surface area contributed by atoms with Gasteiger partial charge in [0.15, 0.2) is 11.4 Å². The maximum absolute atomic E-state index is 13.8. The molecule has 0 unspecified atom stereocenters. The van der Waals surface area contributed by atoms with Crippen LogP contribution in [0.5, 0.6) is 0 Å². The number of benzene rings is 1. The number of anilines is 2. The highest BCUT2D eigenvalue weighted by atomic mass is 19.4. The van der Waals surface area contributed by atoms with E-state index in [0.717, 1.165) is 62.0 Å². The van der Waals surface area contributed by atoms with Crippen LogP contribution >= 0.6 is 0 Å². The zero-order valence-corrected chi connectivity index (χ0v) is 30.1. The largest absolute Gasteiger partial charge is 0.416 e. The number of hydrogen-bond acceptors (Lipinski definition) is 7. The van der Waals surface area contributed by atoms with Crippen molar-refractivity contribution in [3.63, 3.8) is 0 Å². The van der Waals surface area contributed by atoms with E-state index >= 15 is 0 Å². The Kier molecular flexibility index (Phi) is 10.7. The van der Waals surface area contributed by atoms with Gasteiger partial charge in [-0.15, -0.1) is 0 Å². The Morgan fingerprint density at radius 1 is 0.824 bits per heavy atom. The smallest absolute Gasteiger partial charge is 0.356 e. The average Bonchev–Trinajstić information content (AvgIpc) is 4.00. The van der Waals surface area contributed by atoms with E-state index in [1.165, 1.54) is 24.2 Å². The standard InChI is InChI=1S/C35H39F6N7O.C2H6/c1-20-29-12-25(30(44-31(29)48(45-20)33(3,4)5)46(16-22-6-7-22)17-23-8-9-23)19-47(32-42-14-26(15-43-32)21(2)49)18-24-10-27(34(36,37)38)13-28(11-24)35(39,40)41;1-2/h10-15,22-23H,6-9,16-19H2,1-5H3;1-2H3. The van der Waals surface area contributed by atoms with E-state index in [2.05, 4.69) is 14.9 Å². The van der Waals surface area contributed by atoms with E-state index in [1.54, 1.807) is 0 Å². The third kappa shape index (κ3) is 9.17. The minimum atomic E-state index is -5.00. The normalized spacial score (nSPS) is 15.1. The fourth-order valence-electron chi connectivity index (χ4n) is 5.94. The van der Waals surface area contributed by atoms with Crippen LogP contribution in [0.4, 0.5) is 38.1 Å². The van der Waals surface area contributed by atoms with Crippen molar-refractivity contribution in [3.8, 4) is 0 Å². The fourth-order valence-corrected chi connectivity index (χ4v) is 5.94. The first-order valence-electron chi connectivity index (χ1n) is 17.4. The minimum Gasteiger partial charge on any atom is -0.356 e. The number of Topliss-reactive ketones (excluding diaryl/α,β-unsaturated/α-hetero) is 1. The molecule has 276 valence electrons. The lowest BCUT2D eigenvalue weighted by atomic mass is 10.0. The molecule has 0 amide bonds. The number of fused-ring (bicyclic) bond motifs is 1. The topological polar surface area (TPSA) is 80.0 Å². The molecule has 2 saturated carbocycles. The van der Waals surface area contributed by atoms with Crippen LogP contribution in [-0.4, -0.2) is 43.6 Å². The van der Waals surface area contributed by atoms with Crippen LogP contribution in [0, 0.1) is 18.8 Å². The van der Waals surface area contributed by atoms with Gasteiger partial charge < -0.3 is 9.80 Å². The lowest BCUT2D eigenvalue weighted by Crippen LogP contribution is -2.32. The lowest BCUT2D eigenvalue weighted by molar-refractivity contribution is -0.143. The molecule has 0 saturated heterocycles. The van der Waals surface area contributed by atoms with Crippen molar-refractivity contribution in [2.45, 2.75) is 105 Å². The molecule has 3 aromatic heterocycles. The number of carbonyl (C=O) groups excluding carboxylic acids is 1. The monoisotopic (exact) mass is 717 g/mol. The van der Waals surface area contributed by atoms with Crippen LogP contribution in [0.1, 0.15) is 106 Å². The Morgan fingerprint density at radius 2 is 1.35 bits per heavy atom. The molecule has 3 heterocycles. The molecule has 0 bridgehead atoms. The molecule has 4 aromatic rings. The third-order valence-corrected chi connectivity index (χ3v) is 8.89. The Labute approximate surface area is 294 Å². The van der Waals surface area contributed by atoms with Crippen LogP contribution in [0.2, 0.25) is 0 Å². The van der Waals surface area contributed by atoms with Crippen LogP contribution in [-0.2, 0) is 31.0 Å². The molecule has 51 heavy (non-hydrogen) atoms. The van der Waals surface area contributed by atoms with Gasteiger partial charge in [0.1, 0.15) is 5.82 Å². The van der Waals surface area contributed by atoms with E-state index in [1.807, 2.05) is 52.3 Å². The number of halogens is 6. The Balaban J connectivity index is 0.00000248. The number of alkyl halides is 6. The molecule has 0 radical (unpaired) electrons. The van der Waals surface area contributed by atoms with E-state index in [0.29, 0.717) is 28.9 Å². The average molecular weight is 718 g/mol. The molecule has 6 rings (SSSR count). The van der Waals surface area contributed by atoms with Crippen molar-refractivity contribution in [1.29, 1.82) is 0 Å². The molecular weight excluding hydrogens is 672 g/mol. The van der Waals surface area contributed by atoms with E-state index in [4.69, 9.17) is 10.1 Å². The van der Waals surface area contributed by atoms with E-state index < -0.39 is 23.5 Å². The molecule has 14 heteroatoms. The van der Waals surface area contributed by atoms with Gasteiger partial charge in [0.25, 0.3) is 0 Å². The van der Waals surface area contributed by atoms with Crippen molar-refractivity contribution < 1.29 is 31.1 Å². The van der Waals surface area contributed by atoms with E-state index in [9.17, 15) is 31.1 Å². The lowest BCUT2D eigenvalue weighted by Gasteiger charge is -2.30. The van der Waals surface area contributed by atoms with Crippen molar-refractivity contribution in [3.05, 3.63) is 70.2 Å². The second-order valence-electron chi connectivity index (χ2n) is 14.4. The summed E-state index contributed by atoms with van der Waals surface area (Å²) < 4.78 is 84.9. The van der Waals surface area contributed by atoms with Crippen molar-refractivity contribution in [1.82, 2.24) is 24.7 Å². The number of rotatable bonds is 11. The maximum atomic E-state index is 13.8. The summed E-state index contributed by atoms with van der Waals surface area (Å²) >= 11 is 0. The van der Waals surface area contributed by atoms with Gasteiger partial charge >= 0.3 is 12.4 Å². The van der Waals surface area contributed by atoms with E-state index in [-0.39, 0.29) is 47.6 Å². The number of aromatic nitrogens is 5. The fraction of sp³-hybridized carbons (Fsp3) is 0.541. The molecule has 2 aliphatic carbocycles. The first kappa shape index (κ1) is 38.0. The van der Waals surface area contributed by atoms with Gasteiger partial charge in [-0.05, 0) is 102 Å². The van der Waals surface area contributed by atoms with Crippen molar-refractivity contribution in [2.24, 2.45) is 11.8 Å². The number of carbonyl (C=O) groups is 1. The van der Waals surface area contributed by atoms with Gasteiger partial charge in [-0.25, -0.2) is 19.6 Å². The summed E-state index contributed by atoms with van der Waals surface area (Å²) in [4.78, 5) is 29.7. The molecule has 1 aromatic carbocycles. The highest BCUT2D eigenvalue weighted by Gasteiger charge is 2.37. The predicted octanol–water partition coefficient (Wildman–Crippen LogP) is 9.38. The molecule has 8 nitrogen and oxygen atoms in total. The Morgan fingerprint density at radius 3 is 1.80 bits per heavy atom. The summed E-state index contributed by atoms with van der Waals surface area (Å²) in [7, 11) is 0. The van der Waals surface area contributed by atoms with Gasteiger partial charge in [-0.3, -0.25) is 4.79 Å². The first-order valence-corrected chi connectivity index (χ1v) is 17.4. The molecule has 0 spiro atoms. The molecule has 0 aliphatic heterocycles. The van der Waals surface area contributed by atoms with Crippen LogP contribution in [0.3, 0.4) is 0 Å². The van der Waals surface area contributed by atoms with Crippen LogP contribution < -0.4 is 9.80 Å². The molecule has 0 atom stereocenters. The zero-order chi connectivity index (χ0) is 37.5. The summed E-state index contributed by atoms with van der Waals surface area (Å²) in [5.74, 6) is 1.48. The van der Waals surface area contributed by atoms with Gasteiger partial charge in [0.2, 0.25) is 5.95 Å². The number of ketones is 1. The first-order chi connectivity index (χ1) is 23.9. The number of pyridine rings is 1. The number of aryl methyl sites for hydroxylation is 1. The highest BCUT2D eigenvalue weighted by Crippen LogP contribution is 2.40. The number of nitrogens with zero attached hydrogens (tertiary/aromatic N) is 7. The Hall–Kier alpha value is -4.23. The summed E-state index contributed by atoms with van der Waals surface area (Å²) in [5, 5.41) is 5.59. The van der Waals surface area contributed by atoms with Crippen molar-refractivity contribution in [2.75, 3.05) is 22.9 Å². The summed E-state index contributed by atoms with van der Waals surface area (Å²) in [5.41, 5.74) is -1.04. The predicted molar refractivity (Wildman–Crippen MR) is 185 cm³/mol. The molecule has 2 aliphatic rings. The van der Waals surface area contributed by atoms with Gasteiger partial charge in [-0.1, -0.05) is 13.8 Å². The van der Waals surface area contributed by atoms with Crippen LogP contribution in [0.25, 0.3) is 11.0 Å². The highest BCUT2D eigenvalue weighted by molar-refractivity contribution is 5.93. The second-order valence-corrected chi connectivity index (χ2v) is 14.4. The van der Waals surface area contributed by atoms with Gasteiger partial charge in [0, 0.05) is 49.5 Å². The zero-order valence-electron chi connectivity index (χ0n) is 30.1. The SMILES string of the molecule is CC.CC(=O)c1cnc(N(Cc2cc(C(F)(F)F)cc(C(F)(F)F)c2)Cc2cc3c(C)nn(C(C)(C)C)c3nc2N(CC2CC2)CC2CC2)nc1. The minimum absolute atomic E-state index is 0.0151. The van der Waals surface area contributed by atoms with Crippen LogP contribution in [0.15, 0.2) is 36.7 Å². The number of hydrogen-bond donors (Lipinski definition) is 0. The van der Waals surface area contributed by atoms with Gasteiger partial charge in [-0.2, -0.15) is 31.4 Å². The molecular formula is C37H45F6N7O. The maximum Gasteiger partial charge on any atom is 0.416 e. The second kappa shape index (κ2) is 14.4. The summed E-state index contributed by atoms with van der Waals surface area (Å²) in [6.45, 7) is 14.5. The third-order valence-electron chi connectivity index (χ3n) is 8.89. The molecule has 0 N–H and O–H groups in total.